The van der Waals surface area contributed by atoms with Crippen LogP contribution < -0.4 is 4.74 Å². The van der Waals surface area contributed by atoms with Crippen molar-refractivity contribution in [2.75, 3.05) is 0 Å². The van der Waals surface area contributed by atoms with Gasteiger partial charge in [0.05, 0.1) is 11.0 Å². The minimum absolute atomic E-state index is 0.0482. The molecule has 6 heteroatoms. The second-order valence-electron chi connectivity index (χ2n) is 4.65. The highest BCUT2D eigenvalue weighted by molar-refractivity contribution is 9.10. The Labute approximate surface area is 136 Å². The summed E-state index contributed by atoms with van der Waals surface area (Å²) in [6.45, 7) is 3.56. The molecule has 0 heterocycles. The summed E-state index contributed by atoms with van der Waals surface area (Å²) in [5, 5.41) is 11.0. The van der Waals surface area contributed by atoms with Gasteiger partial charge in [0.1, 0.15) is 11.5 Å². The lowest BCUT2D eigenvalue weighted by Gasteiger charge is -2.11. The molecule has 0 fully saturated rings. The number of nitro groups is 1. The summed E-state index contributed by atoms with van der Waals surface area (Å²) in [5.41, 5.74) is 2.46. The largest absolute Gasteiger partial charge is 0.457 e. The standard InChI is InChI=1S/C15H13BrClNO3/c1-9-5-10(2)15(7-14(9)18(19)20)21-12-4-3-11(8-17)13(16)6-12/h3-7H,8H2,1-2H3. The normalized spacial score (nSPS) is 10.5. The van der Waals surface area contributed by atoms with Gasteiger partial charge < -0.3 is 4.74 Å². The molecule has 0 amide bonds. The molecular weight excluding hydrogens is 358 g/mol. The van der Waals surface area contributed by atoms with Crippen molar-refractivity contribution in [3.63, 3.8) is 0 Å². The van der Waals surface area contributed by atoms with E-state index < -0.39 is 4.92 Å². The van der Waals surface area contributed by atoms with Gasteiger partial charge in [0.15, 0.2) is 0 Å². The summed E-state index contributed by atoms with van der Waals surface area (Å²) in [5.74, 6) is 1.46. The number of rotatable bonds is 4. The molecule has 0 saturated carbocycles. The molecule has 0 N–H and O–H groups in total. The van der Waals surface area contributed by atoms with Gasteiger partial charge in [0.2, 0.25) is 0 Å². The zero-order chi connectivity index (χ0) is 15.6. The number of nitro benzene ring substituents is 1. The predicted molar refractivity (Wildman–Crippen MR) is 86.3 cm³/mol. The number of alkyl halides is 1. The molecule has 0 aliphatic carbocycles. The van der Waals surface area contributed by atoms with E-state index >= 15 is 0 Å². The van der Waals surface area contributed by atoms with Crippen LogP contribution in [-0.2, 0) is 5.88 Å². The molecule has 2 rings (SSSR count). The van der Waals surface area contributed by atoms with E-state index in [1.807, 2.05) is 13.0 Å². The molecule has 0 atom stereocenters. The quantitative estimate of drug-likeness (QED) is 0.405. The number of aryl methyl sites for hydroxylation is 2. The third-order valence-electron chi connectivity index (χ3n) is 3.09. The molecule has 4 nitrogen and oxygen atoms in total. The fourth-order valence-corrected chi connectivity index (χ4v) is 2.85. The second kappa shape index (κ2) is 6.45. The van der Waals surface area contributed by atoms with Gasteiger partial charge in [-0.25, -0.2) is 0 Å². The number of hydrogen-bond donors (Lipinski definition) is 0. The van der Waals surface area contributed by atoms with Gasteiger partial charge in [-0.15, -0.1) is 11.6 Å². The van der Waals surface area contributed by atoms with E-state index in [4.69, 9.17) is 16.3 Å². The van der Waals surface area contributed by atoms with Crippen LogP contribution in [0.1, 0.15) is 16.7 Å². The van der Waals surface area contributed by atoms with Crippen LogP contribution >= 0.6 is 27.5 Å². The lowest BCUT2D eigenvalue weighted by atomic mass is 10.1. The smallest absolute Gasteiger partial charge is 0.276 e. The number of hydrogen-bond acceptors (Lipinski definition) is 3. The third-order valence-corrected chi connectivity index (χ3v) is 4.11. The Morgan fingerprint density at radius 1 is 1.24 bits per heavy atom. The van der Waals surface area contributed by atoms with E-state index in [1.54, 1.807) is 25.1 Å². The molecule has 0 aromatic heterocycles. The maximum atomic E-state index is 11.0. The van der Waals surface area contributed by atoms with Crippen LogP contribution in [0.4, 0.5) is 5.69 Å². The SMILES string of the molecule is Cc1cc(C)c([N+](=O)[O-])cc1Oc1ccc(CCl)c(Br)c1. The Hall–Kier alpha value is -1.59. The zero-order valence-electron chi connectivity index (χ0n) is 11.5. The first-order chi connectivity index (χ1) is 9.92. The average molecular weight is 371 g/mol. The average Bonchev–Trinajstić information content (AvgIpc) is 2.41. The summed E-state index contributed by atoms with van der Waals surface area (Å²) < 4.78 is 6.60. The highest BCUT2D eigenvalue weighted by Crippen LogP contribution is 2.33. The Morgan fingerprint density at radius 3 is 2.52 bits per heavy atom. The Balaban J connectivity index is 2.37. The van der Waals surface area contributed by atoms with Gasteiger partial charge in [0.25, 0.3) is 5.69 Å². The Bertz CT molecular complexity index is 704. The van der Waals surface area contributed by atoms with Crippen LogP contribution in [0.15, 0.2) is 34.8 Å². The summed E-state index contributed by atoms with van der Waals surface area (Å²) in [7, 11) is 0. The fourth-order valence-electron chi connectivity index (χ4n) is 1.96. The van der Waals surface area contributed by atoms with Crippen LogP contribution in [0.2, 0.25) is 0 Å². The molecule has 0 aliphatic rings. The molecule has 0 saturated heterocycles. The molecule has 0 aliphatic heterocycles. The lowest BCUT2D eigenvalue weighted by Crippen LogP contribution is -1.95. The van der Waals surface area contributed by atoms with E-state index in [-0.39, 0.29) is 5.69 Å². The van der Waals surface area contributed by atoms with E-state index in [9.17, 15) is 10.1 Å². The lowest BCUT2D eigenvalue weighted by molar-refractivity contribution is -0.385. The highest BCUT2D eigenvalue weighted by atomic mass is 79.9. The third kappa shape index (κ3) is 3.54. The van der Waals surface area contributed by atoms with Gasteiger partial charge in [-0.3, -0.25) is 10.1 Å². The Morgan fingerprint density at radius 2 is 1.95 bits per heavy atom. The fraction of sp³-hybridized carbons (Fsp3) is 0.200. The summed E-state index contributed by atoms with van der Waals surface area (Å²) in [6, 6.07) is 8.63. The molecule has 0 unspecified atom stereocenters. The van der Waals surface area contributed by atoms with Crippen molar-refractivity contribution >= 4 is 33.2 Å². The summed E-state index contributed by atoms with van der Waals surface area (Å²) in [6.07, 6.45) is 0. The van der Waals surface area contributed by atoms with Gasteiger partial charge >= 0.3 is 0 Å². The van der Waals surface area contributed by atoms with Crippen LogP contribution in [0, 0.1) is 24.0 Å². The second-order valence-corrected chi connectivity index (χ2v) is 5.77. The number of benzene rings is 2. The van der Waals surface area contributed by atoms with Gasteiger partial charge in [-0.2, -0.15) is 0 Å². The molecule has 2 aromatic carbocycles. The first-order valence-corrected chi connectivity index (χ1v) is 7.53. The van der Waals surface area contributed by atoms with Crippen LogP contribution in [0.5, 0.6) is 11.5 Å². The molecule has 2 aromatic rings. The van der Waals surface area contributed by atoms with E-state index in [0.29, 0.717) is 22.9 Å². The summed E-state index contributed by atoms with van der Waals surface area (Å²) in [4.78, 5) is 10.6. The predicted octanol–water partition coefficient (Wildman–Crippen LogP) is 5.51. The molecule has 0 spiro atoms. The van der Waals surface area contributed by atoms with E-state index in [1.165, 1.54) is 6.07 Å². The van der Waals surface area contributed by atoms with Crippen LogP contribution in [0.3, 0.4) is 0 Å². The van der Waals surface area contributed by atoms with Crippen molar-refractivity contribution in [1.82, 2.24) is 0 Å². The number of halogens is 2. The molecule has 110 valence electrons. The van der Waals surface area contributed by atoms with Crippen molar-refractivity contribution in [3.05, 3.63) is 61.6 Å². The van der Waals surface area contributed by atoms with Crippen LogP contribution in [0.25, 0.3) is 0 Å². The molecule has 21 heavy (non-hydrogen) atoms. The zero-order valence-corrected chi connectivity index (χ0v) is 13.9. The topological polar surface area (TPSA) is 52.4 Å². The van der Waals surface area contributed by atoms with Crippen molar-refractivity contribution < 1.29 is 9.66 Å². The minimum atomic E-state index is -0.409. The number of ether oxygens (including phenoxy) is 1. The molecule has 0 bridgehead atoms. The number of nitrogens with zero attached hydrogens (tertiary/aromatic N) is 1. The van der Waals surface area contributed by atoms with E-state index in [2.05, 4.69) is 15.9 Å². The van der Waals surface area contributed by atoms with Crippen LogP contribution in [-0.4, -0.2) is 4.92 Å². The van der Waals surface area contributed by atoms with Crippen molar-refractivity contribution in [2.24, 2.45) is 0 Å². The molecular formula is C15H13BrClNO3. The van der Waals surface area contributed by atoms with Crippen molar-refractivity contribution in [3.8, 4) is 11.5 Å². The first kappa shape index (κ1) is 15.8. The van der Waals surface area contributed by atoms with Gasteiger partial charge in [-0.05, 0) is 43.2 Å². The monoisotopic (exact) mass is 369 g/mol. The maximum Gasteiger partial charge on any atom is 0.276 e. The van der Waals surface area contributed by atoms with Crippen molar-refractivity contribution in [1.29, 1.82) is 0 Å². The molecule has 0 radical (unpaired) electrons. The van der Waals surface area contributed by atoms with Gasteiger partial charge in [-0.1, -0.05) is 22.0 Å². The Kier molecular flexibility index (Phi) is 4.85. The maximum absolute atomic E-state index is 11.0. The highest BCUT2D eigenvalue weighted by Gasteiger charge is 2.15. The summed E-state index contributed by atoms with van der Waals surface area (Å²) >= 11 is 9.21. The first-order valence-electron chi connectivity index (χ1n) is 6.20. The van der Waals surface area contributed by atoms with Crippen molar-refractivity contribution in [2.45, 2.75) is 19.7 Å². The van der Waals surface area contributed by atoms with Gasteiger partial charge in [0, 0.05) is 15.9 Å². The minimum Gasteiger partial charge on any atom is -0.457 e. The van der Waals surface area contributed by atoms with E-state index in [0.717, 1.165) is 15.6 Å².